The lowest BCUT2D eigenvalue weighted by molar-refractivity contribution is 0.0301. The molecule has 0 N–H and O–H groups in total. The maximum Gasteiger partial charge on any atom is 0.169 e. The van der Waals surface area contributed by atoms with Crippen molar-refractivity contribution in [3.63, 3.8) is 0 Å². The van der Waals surface area contributed by atoms with Crippen LogP contribution in [0.1, 0.15) is 43.5 Å². The van der Waals surface area contributed by atoms with Crippen molar-refractivity contribution >= 4 is 5.82 Å². The van der Waals surface area contributed by atoms with Crippen molar-refractivity contribution < 1.29 is 4.74 Å². The van der Waals surface area contributed by atoms with E-state index in [9.17, 15) is 5.26 Å². The largest absolute Gasteiger partial charge is 0.371 e. The van der Waals surface area contributed by atoms with Gasteiger partial charge in [0.05, 0.1) is 17.9 Å². The Bertz CT molecular complexity index is 540. The Morgan fingerprint density at radius 1 is 1.20 bits per heavy atom. The van der Waals surface area contributed by atoms with Crippen molar-refractivity contribution in [3.8, 4) is 6.07 Å². The second-order valence-corrected chi connectivity index (χ2v) is 5.51. The number of hydrogen-bond donors (Lipinski definition) is 0. The summed E-state index contributed by atoms with van der Waals surface area (Å²) in [5.41, 5.74) is 2.71. The van der Waals surface area contributed by atoms with E-state index < -0.39 is 0 Å². The van der Waals surface area contributed by atoms with Crippen LogP contribution in [0.25, 0.3) is 0 Å². The lowest BCUT2D eigenvalue weighted by atomic mass is 10.0. The lowest BCUT2D eigenvalue weighted by Gasteiger charge is -2.33. The van der Waals surface area contributed by atoms with Crippen LogP contribution in [0.2, 0.25) is 0 Å². The third-order valence-electron chi connectivity index (χ3n) is 4.28. The van der Waals surface area contributed by atoms with Gasteiger partial charge in [0.1, 0.15) is 11.6 Å². The molecule has 2 aliphatic rings. The summed E-state index contributed by atoms with van der Waals surface area (Å²) in [6, 6.07) is 2.35. The highest BCUT2D eigenvalue weighted by atomic mass is 16.5. The minimum atomic E-state index is 0.290. The van der Waals surface area contributed by atoms with E-state index in [1.165, 1.54) is 0 Å². The highest BCUT2D eigenvalue weighted by Gasteiger charge is 2.35. The molecule has 0 aromatic carbocycles. The first kappa shape index (κ1) is 13.3. The zero-order valence-electron chi connectivity index (χ0n) is 12.1. The second-order valence-electron chi connectivity index (χ2n) is 5.51. The minimum absolute atomic E-state index is 0.290. The first-order valence-corrected chi connectivity index (χ1v) is 7.45. The Kier molecular flexibility index (Phi) is 3.58. The van der Waals surface area contributed by atoms with E-state index in [-0.39, 0.29) is 12.2 Å². The fourth-order valence-electron chi connectivity index (χ4n) is 3.29. The minimum Gasteiger partial charge on any atom is -0.371 e. The molecule has 2 bridgehead atoms. The van der Waals surface area contributed by atoms with Crippen LogP contribution >= 0.6 is 0 Å². The van der Waals surface area contributed by atoms with Crippen LogP contribution in [0.15, 0.2) is 0 Å². The van der Waals surface area contributed by atoms with Gasteiger partial charge in [-0.15, -0.1) is 5.10 Å². The smallest absolute Gasteiger partial charge is 0.169 e. The third-order valence-corrected chi connectivity index (χ3v) is 4.28. The number of fused-ring (bicyclic) bond motifs is 2. The summed E-state index contributed by atoms with van der Waals surface area (Å²) < 4.78 is 5.85. The molecule has 5 nitrogen and oxygen atoms in total. The van der Waals surface area contributed by atoms with E-state index in [1.807, 2.05) is 0 Å². The van der Waals surface area contributed by atoms with Gasteiger partial charge < -0.3 is 9.64 Å². The molecule has 20 heavy (non-hydrogen) atoms. The number of anilines is 1. The Balaban J connectivity index is 1.99. The van der Waals surface area contributed by atoms with Gasteiger partial charge in [0.2, 0.25) is 0 Å². The molecule has 5 heteroatoms. The molecule has 3 heterocycles. The molecule has 1 aromatic rings. The summed E-state index contributed by atoms with van der Waals surface area (Å²) in [5, 5.41) is 18.2. The number of nitrogens with zero attached hydrogens (tertiary/aromatic N) is 4. The monoisotopic (exact) mass is 272 g/mol. The van der Waals surface area contributed by atoms with Crippen molar-refractivity contribution in [2.75, 3.05) is 18.0 Å². The average molecular weight is 272 g/mol. The standard InChI is InChI=1S/C15H20N4O/c1-3-12-13(7-16)15(18-17-14(12)4-2)19-8-10-5-6-11(9-19)20-10/h10-11H,3-6,8-9H2,1-2H3. The first-order chi connectivity index (χ1) is 9.76. The molecule has 0 amide bonds. The SMILES string of the molecule is CCc1nnc(N2CC3CCC(C2)O3)c(C#N)c1CC. The van der Waals surface area contributed by atoms with Crippen molar-refractivity contribution in [2.45, 2.75) is 51.7 Å². The predicted octanol–water partition coefficient (Wildman–Crippen LogP) is 1.84. The molecule has 2 aliphatic heterocycles. The van der Waals surface area contributed by atoms with Crippen molar-refractivity contribution in [3.05, 3.63) is 16.8 Å². The van der Waals surface area contributed by atoms with E-state index in [0.29, 0.717) is 5.56 Å². The van der Waals surface area contributed by atoms with E-state index >= 15 is 0 Å². The van der Waals surface area contributed by atoms with Crippen molar-refractivity contribution in [1.82, 2.24) is 10.2 Å². The number of morpholine rings is 1. The molecule has 0 radical (unpaired) electrons. The lowest BCUT2D eigenvalue weighted by Crippen LogP contribution is -2.43. The second kappa shape index (κ2) is 5.37. The molecule has 3 rings (SSSR count). The summed E-state index contributed by atoms with van der Waals surface area (Å²) in [5.74, 6) is 0.752. The molecule has 2 fully saturated rings. The normalized spacial score (nSPS) is 24.8. The zero-order chi connectivity index (χ0) is 14.1. The Morgan fingerprint density at radius 2 is 1.90 bits per heavy atom. The maximum atomic E-state index is 9.55. The highest BCUT2D eigenvalue weighted by molar-refractivity contribution is 5.58. The molecule has 0 spiro atoms. The van der Waals surface area contributed by atoms with Crippen LogP contribution in [-0.4, -0.2) is 35.5 Å². The quantitative estimate of drug-likeness (QED) is 0.840. The van der Waals surface area contributed by atoms with Gasteiger partial charge in [-0.05, 0) is 31.2 Å². The van der Waals surface area contributed by atoms with Gasteiger partial charge in [0.25, 0.3) is 0 Å². The molecule has 0 aliphatic carbocycles. The van der Waals surface area contributed by atoms with E-state index in [1.54, 1.807) is 0 Å². The zero-order valence-corrected chi connectivity index (χ0v) is 12.1. The Morgan fingerprint density at radius 3 is 2.45 bits per heavy atom. The van der Waals surface area contributed by atoms with Crippen LogP contribution in [0.3, 0.4) is 0 Å². The molecule has 0 saturated carbocycles. The highest BCUT2D eigenvalue weighted by Crippen LogP contribution is 2.31. The number of ether oxygens (including phenoxy) is 1. The summed E-state index contributed by atoms with van der Waals surface area (Å²) in [6.07, 6.45) is 4.45. The van der Waals surface area contributed by atoms with E-state index in [4.69, 9.17) is 4.74 Å². The molecule has 106 valence electrons. The van der Waals surface area contributed by atoms with Crippen LogP contribution in [0, 0.1) is 11.3 Å². The van der Waals surface area contributed by atoms with Gasteiger partial charge >= 0.3 is 0 Å². The predicted molar refractivity (Wildman–Crippen MR) is 75.6 cm³/mol. The van der Waals surface area contributed by atoms with Crippen molar-refractivity contribution in [1.29, 1.82) is 5.26 Å². The molecular formula is C15H20N4O. The van der Waals surface area contributed by atoms with Crippen LogP contribution in [0.5, 0.6) is 0 Å². The molecule has 2 atom stereocenters. The van der Waals surface area contributed by atoms with Gasteiger partial charge in [0.15, 0.2) is 5.82 Å². The fourth-order valence-corrected chi connectivity index (χ4v) is 3.29. The summed E-state index contributed by atoms with van der Waals surface area (Å²) >= 11 is 0. The van der Waals surface area contributed by atoms with Crippen molar-refractivity contribution in [2.24, 2.45) is 0 Å². The van der Waals surface area contributed by atoms with Gasteiger partial charge in [0, 0.05) is 13.1 Å². The summed E-state index contributed by atoms with van der Waals surface area (Å²) in [7, 11) is 0. The Labute approximate surface area is 119 Å². The van der Waals surface area contributed by atoms with Crippen LogP contribution in [0.4, 0.5) is 5.82 Å². The molecule has 2 saturated heterocycles. The first-order valence-electron chi connectivity index (χ1n) is 7.45. The van der Waals surface area contributed by atoms with E-state index in [2.05, 4.69) is 35.0 Å². The van der Waals surface area contributed by atoms with Gasteiger partial charge in [-0.2, -0.15) is 10.4 Å². The maximum absolute atomic E-state index is 9.55. The summed E-state index contributed by atoms with van der Waals surface area (Å²) in [4.78, 5) is 2.19. The van der Waals surface area contributed by atoms with Gasteiger partial charge in [-0.25, -0.2) is 0 Å². The number of aryl methyl sites for hydroxylation is 1. The van der Waals surface area contributed by atoms with Crippen LogP contribution in [-0.2, 0) is 17.6 Å². The number of nitriles is 1. The number of aromatic nitrogens is 2. The van der Waals surface area contributed by atoms with Gasteiger partial charge in [-0.1, -0.05) is 13.8 Å². The summed E-state index contributed by atoms with van der Waals surface area (Å²) in [6.45, 7) is 5.78. The fraction of sp³-hybridized carbons (Fsp3) is 0.667. The molecule has 1 aromatic heterocycles. The third kappa shape index (κ3) is 2.14. The topological polar surface area (TPSA) is 62.0 Å². The number of rotatable bonds is 3. The number of hydrogen-bond acceptors (Lipinski definition) is 5. The van der Waals surface area contributed by atoms with Crippen LogP contribution < -0.4 is 4.90 Å². The Hall–Kier alpha value is -1.67. The van der Waals surface area contributed by atoms with E-state index in [0.717, 1.165) is 55.8 Å². The molecule has 2 unspecified atom stereocenters. The molecular weight excluding hydrogens is 252 g/mol. The van der Waals surface area contributed by atoms with Gasteiger partial charge in [-0.3, -0.25) is 0 Å². The average Bonchev–Trinajstić information content (AvgIpc) is 2.83.